The van der Waals surface area contributed by atoms with E-state index in [1.807, 2.05) is 60.0 Å². The third-order valence-corrected chi connectivity index (χ3v) is 8.31. The minimum absolute atomic E-state index is 0.196. The van der Waals surface area contributed by atoms with E-state index in [2.05, 4.69) is 6.07 Å². The lowest BCUT2D eigenvalue weighted by molar-refractivity contribution is -0.138. The van der Waals surface area contributed by atoms with Gasteiger partial charge in [0.25, 0.3) is 5.56 Å². The summed E-state index contributed by atoms with van der Waals surface area (Å²) in [5, 5.41) is 11.4. The summed E-state index contributed by atoms with van der Waals surface area (Å²) in [6.07, 6.45) is 1.67. The summed E-state index contributed by atoms with van der Waals surface area (Å²) < 4.78 is 13.5. The van der Waals surface area contributed by atoms with Gasteiger partial charge in [-0.15, -0.1) is 11.3 Å². The first kappa shape index (κ1) is 25.5. The quantitative estimate of drug-likeness (QED) is 0.267. The standard InChI is InChI=1S/C31H21N3O4S2/c1-2-37-30(36)26-27(19-9-4-3-5-10-19)33-31-34(28(26)24-13-8-16-39-24)29(35)25(40-31)17-21-14-15-23(38-21)22-12-7-6-11-20(22)18-32/h3-17,28H,2H2,1H3/t28-/m1/s1. The van der Waals surface area contributed by atoms with Crippen molar-refractivity contribution in [3.05, 3.63) is 131 Å². The average molecular weight is 564 g/mol. The highest BCUT2D eigenvalue weighted by atomic mass is 32.1. The van der Waals surface area contributed by atoms with Gasteiger partial charge in [0.05, 0.1) is 34.0 Å². The van der Waals surface area contributed by atoms with Crippen LogP contribution >= 0.6 is 22.7 Å². The zero-order valence-corrected chi connectivity index (χ0v) is 22.9. The normalized spacial score (nSPS) is 14.9. The number of benzene rings is 2. The molecule has 196 valence electrons. The number of nitriles is 1. The average Bonchev–Trinajstić information content (AvgIpc) is 3.74. The molecular weight excluding hydrogens is 542 g/mol. The van der Waals surface area contributed by atoms with Crippen LogP contribution in [0.3, 0.4) is 0 Å². The molecule has 0 amide bonds. The summed E-state index contributed by atoms with van der Waals surface area (Å²) in [4.78, 5) is 33.4. The number of hydrogen-bond donors (Lipinski definition) is 0. The second kappa shape index (κ2) is 10.8. The van der Waals surface area contributed by atoms with Crippen LogP contribution < -0.4 is 14.9 Å². The molecule has 0 bridgehead atoms. The predicted molar refractivity (Wildman–Crippen MR) is 154 cm³/mol. The Kier molecular flexibility index (Phi) is 6.86. The topological polar surface area (TPSA) is 97.6 Å². The van der Waals surface area contributed by atoms with Crippen molar-refractivity contribution in [2.75, 3.05) is 6.61 Å². The van der Waals surface area contributed by atoms with E-state index in [4.69, 9.17) is 14.1 Å². The number of ether oxygens (including phenoxy) is 1. The Bertz CT molecular complexity index is 1970. The third-order valence-electron chi connectivity index (χ3n) is 6.40. The Morgan fingerprint density at radius 3 is 2.65 bits per heavy atom. The van der Waals surface area contributed by atoms with Crippen LogP contribution in [0.25, 0.3) is 23.1 Å². The fourth-order valence-corrected chi connectivity index (χ4v) is 6.46. The zero-order chi connectivity index (χ0) is 27.6. The lowest BCUT2D eigenvalue weighted by Crippen LogP contribution is -2.39. The second-order valence-electron chi connectivity index (χ2n) is 8.81. The summed E-state index contributed by atoms with van der Waals surface area (Å²) >= 11 is 2.69. The first-order chi connectivity index (χ1) is 19.6. The van der Waals surface area contributed by atoms with Crippen LogP contribution in [0.2, 0.25) is 0 Å². The van der Waals surface area contributed by atoms with E-state index in [0.717, 1.165) is 10.4 Å². The van der Waals surface area contributed by atoms with Crippen molar-refractivity contribution in [2.45, 2.75) is 13.0 Å². The fourth-order valence-electron chi connectivity index (χ4n) is 4.66. The number of nitrogens with zero attached hydrogens (tertiary/aromatic N) is 3. The van der Waals surface area contributed by atoms with Gasteiger partial charge in [0.15, 0.2) is 4.80 Å². The summed E-state index contributed by atoms with van der Waals surface area (Å²) in [7, 11) is 0. The maximum Gasteiger partial charge on any atom is 0.338 e. The van der Waals surface area contributed by atoms with Gasteiger partial charge in [-0.2, -0.15) is 5.26 Å². The molecule has 5 aromatic rings. The van der Waals surface area contributed by atoms with Crippen LogP contribution in [0.15, 0.2) is 104 Å². The molecule has 0 radical (unpaired) electrons. The van der Waals surface area contributed by atoms with Crippen molar-refractivity contribution < 1.29 is 13.9 Å². The largest absolute Gasteiger partial charge is 0.463 e. The van der Waals surface area contributed by atoms with Gasteiger partial charge in [0.1, 0.15) is 17.6 Å². The Labute approximate surface area is 236 Å². The van der Waals surface area contributed by atoms with E-state index in [1.54, 1.807) is 41.8 Å². The highest BCUT2D eigenvalue weighted by Crippen LogP contribution is 2.36. The van der Waals surface area contributed by atoms with E-state index in [1.165, 1.54) is 22.7 Å². The molecule has 1 atom stereocenters. The molecule has 0 saturated heterocycles. The molecular formula is C31H21N3O4S2. The van der Waals surface area contributed by atoms with Crippen LogP contribution in [0, 0.1) is 11.3 Å². The second-order valence-corrected chi connectivity index (χ2v) is 10.8. The van der Waals surface area contributed by atoms with E-state index >= 15 is 0 Å². The molecule has 0 N–H and O–H groups in total. The molecule has 0 saturated carbocycles. The van der Waals surface area contributed by atoms with Gasteiger partial charge in [-0.3, -0.25) is 9.36 Å². The lowest BCUT2D eigenvalue weighted by atomic mass is 9.97. The maximum absolute atomic E-state index is 13.9. The van der Waals surface area contributed by atoms with Gasteiger partial charge in [0.2, 0.25) is 0 Å². The number of furan rings is 1. The van der Waals surface area contributed by atoms with Crippen LogP contribution in [-0.4, -0.2) is 17.1 Å². The smallest absolute Gasteiger partial charge is 0.338 e. The minimum Gasteiger partial charge on any atom is -0.463 e. The van der Waals surface area contributed by atoms with Crippen LogP contribution in [0.1, 0.15) is 34.7 Å². The molecule has 4 heterocycles. The highest BCUT2D eigenvalue weighted by Gasteiger charge is 2.35. The molecule has 6 rings (SSSR count). The van der Waals surface area contributed by atoms with Crippen LogP contribution in [0.4, 0.5) is 0 Å². The molecule has 2 aromatic carbocycles. The SMILES string of the molecule is CCOC(=O)C1=C(c2ccccc2)N=c2sc(=Cc3ccc(-c4ccccc4C#N)o3)c(=O)n2[C@@H]1c1cccs1. The Hall–Kier alpha value is -4.78. The van der Waals surface area contributed by atoms with Crippen molar-refractivity contribution >= 4 is 40.4 Å². The number of fused-ring (bicyclic) bond motifs is 1. The molecule has 1 aliphatic heterocycles. The molecule has 0 fully saturated rings. The van der Waals surface area contributed by atoms with Crippen molar-refractivity contribution in [2.24, 2.45) is 4.99 Å². The zero-order valence-electron chi connectivity index (χ0n) is 21.2. The summed E-state index contributed by atoms with van der Waals surface area (Å²) in [6.45, 7) is 1.95. The Morgan fingerprint density at radius 1 is 1.10 bits per heavy atom. The summed E-state index contributed by atoms with van der Waals surface area (Å²) in [6, 6.07) is 25.5. The van der Waals surface area contributed by atoms with Crippen LogP contribution in [-0.2, 0) is 9.53 Å². The molecule has 40 heavy (non-hydrogen) atoms. The Balaban J connectivity index is 1.54. The summed E-state index contributed by atoms with van der Waals surface area (Å²) in [5.74, 6) is 0.488. The van der Waals surface area contributed by atoms with Crippen molar-refractivity contribution in [3.8, 4) is 17.4 Å². The van der Waals surface area contributed by atoms with E-state index in [0.29, 0.717) is 43.3 Å². The van der Waals surface area contributed by atoms with Gasteiger partial charge in [-0.1, -0.05) is 59.9 Å². The molecule has 1 aliphatic rings. The van der Waals surface area contributed by atoms with Gasteiger partial charge >= 0.3 is 5.97 Å². The van der Waals surface area contributed by atoms with Crippen LogP contribution in [0.5, 0.6) is 0 Å². The van der Waals surface area contributed by atoms with E-state index in [9.17, 15) is 14.9 Å². The number of esters is 1. The van der Waals surface area contributed by atoms with Crippen molar-refractivity contribution in [1.82, 2.24) is 4.57 Å². The minimum atomic E-state index is -0.692. The number of rotatable bonds is 6. The Morgan fingerprint density at radius 2 is 1.90 bits per heavy atom. The third kappa shape index (κ3) is 4.53. The number of aromatic nitrogens is 1. The number of thiazole rings is 1. The molecule has 3 aromatic heterocycles. The monoisotopic (exact) mass is 563 g/mol. The fraction of sp³-hybridized carbons (Fsp3) is 0.0968. The van der Waals surface area contributed by atoms with Gasteiger partial charge in [0, 0.05) is 22.1 Å². The van der Waals surface area contributed by atoms with E-state index in [-0.39, 0.29) is 12.2 Å². The molecule has 0 unspecified atom stereocenters. The van der Waals surface area contributed by atoms with Gasteiger partial charge < -0.3 is 9.15 Å². The van der Waals surface area contributed by atoms with Crippen molar-refractivity contribution in [3.63, 3.8) is 0 Å². The summed E-state index contributed by atoms with van der Waals surface area (Å²) in [5.41, 5.74) is 2.46. The highest BCUT2D eigenvalue weighted by molar-refractivity contribution is 7.10. The number of carbonyl (C=O) groups is 1. The lowest BCUT2D eigenvalue weighted by Gasteiger charge is -2.24. The molecule has 9 heteroatoms. The first-order valence-corrected chi connectivity index (χ1v) is 14.2. The number of hydrogen-bond acceptors (Lipinski definition) is 8. The molecule has 7 nitrogen and oxygen atoms in total. The van der Waals surface area contributed by atoms with Crippen molar-refractivity contribution in [1.29, 1.82) is 5.26 Å². The van der Waals surface area contributed by atoms with E-state index < -0.39 is 12.0 Å². The number of carbonyl (C=O) groups excluding carboxylic acids is 1. The molecule has 0 aliphatic carbocycles. The number of thiophene rings is 1. The van der Waals surface area contributed by atoms with Gasteiger partial charge in [-0.05, 0) is 42.6 Å². The maximum atomic E-state index is 13.9. The molecule has 0 spiro atoms. The first-order valence-electron chi connectivity index (χ1n) is 12.5. The van der Waals surface area contributed by atoms with Gasteiger partial charge in [-0.25, -0.2) is 9.79 Å². The predicted octanol–water partition coefficient (Wildman–Crippen LogP) is 5.13.